The average Bonchev–Trinajstić information content (AvgIpc) is 3.40. The van der Waals surface area contributed by atoms with Crippen molar-refractivity contribution in [2.24, 2.45) is 16.1 Å². The molecule has 1 aliphatic heterocycles. The number of aliphatic imine (C=N–C) groups is 1. The number of hydrogen-bond acceptors (Lipinski definition) is 7. The topological polar surface area (TPSA) is 127 Å². The Morgan fingerprint density at radius 3 is 2.53 bits per heavy atom. The predicted molar refractivity (Wildman–Crippen MR) is 161 cm³/mol. The summed E-state index contributed by atoms with van der Waals surface area (Å²) in [6.07, 6.45) is 3.83. The minimum Gasteiger partial charge on any atom is -0.394 e. The Balaban J connectivity index is 1.39. The first-order chi connectivity index (χ1) is 21.3. The highest BCUT2D eigenvalue weighted by atomic mass is 35.5. The van der Waals surface area contributed by atoms with E-state index in [4.69, 9.17) is 17.3 Å². The number of alkyl halides is 2. The van der Waals surface area contributed by atoms with Crippen LogP contribution in [0.3, 0.4) is 0 Å². The molecule has 0 radical (unpaired) electrons. The molecule has 0 spiro atoms. The van der Waals surface area contributed by atoms with Crippen molar-refractivity contribution in [3.8, 4) is 16.8 Å². The van der Waals surface area contributed by atoms with E-state index in [0.717, 1.165) is 34.3 Å². The van der Waals surface area contributed by atoms with Crippen LogP contribution in [0.1, 0.15) is 75.5 Å². The van der Waals surface area contributed by atoms with Gasteiger partial charge in [0.15, 0.2) is 17.3 Å². The van der Waals surface area contributed by atoms with Gasteiger partial charge < -0.3 is 10.8 Å². The number of benzene rings is 2. The van der Waals surface area contributed by atoms with Gasteiger partial charge in [-0.25, -0.2) is 27.8 Å². The fourth-order valence-corrected chi connectivity index (χ4v) is 6.13. The molecule has 0 saturated heterocycles. The van der Waals surface area contributed by atoms with Crippen LogP contribution in [0, 0.1) is 11.2 Å². The molecule has 2 aromatic heterocycles. The Kier molecular flexibility index (Phi) is 7.72. The lowest BCUT2D eigenvalue weighted by Gasteiger charge is -2.34. The van der Waals surface area contributed by atoms with Gasteiger partial charge in [0.1, 0.15) is 12.1 Å². The first kappa shape index (κ1) is 30.8. The molecule has 45 heavy (non-hydrogen) atoms. The zero-order chi connectivity index (χ0) is 32.3. The van der Waals surface area contributed by atoms with Crippen molar-refractivity contribution in [3.63, 3.8) is 0 Å². The highest BCUT2D eigenvalue weighted by Gasteiger charge is 2.54. The molecule has 2 atom stereocenters. The second-order valence-corrected chi connectivity index (χ2v) is 13.0. The molecule has 3 heterocycles. The maximum Gasteiger partial charge on any atom is 0.297 e. The first-order valence-electron chi connectivity index (χ1n) is 14.5. The van der Waals surface area contributed by atoms with Crippen molar-refractivity contribution >= 4 is 23.5 Å². The summed E-state index contributed by atoms with van der Waals surface area (Å²) < 4.78 is 46.1. The lowest BCUT2D eigenvalue weighted by atomic mass is 9.75. The number of hydrogen-bond donors (Lipinski definition) is 2. The molecule has 0 bridgehead atoms. The van der Waals surface area contributed by atoms with Gasteiger partial charge in [-0.15, -0.1) is 0 Å². The van der Waals surface area contributed by atoms with Crippen LogP contribution in [-0.2, 0) is 10.3 Å². The highest BCUT2D eigenvalue weighted by molar-refractivity contribution is 6.32. The number of rotatable bonds is 9. The molecule has 6 rings (SSSR count). The smallest absolute Gasteiger partial charge is 0.297 e. The van der Waals surface area contributed by atoms with Crippen LogP contribution < -0.4 is 5.73 Å². The molecule has 4 aromatic rings. The zero-order valence-corrected chi connectivity index (χ0v) is 25.6. The molecule has 0 unspecified atom stereocenters. The van der Waals surface area contributed by atoms with Crippen molar-refractivity contribution in [3.05, 3.63) is 82.9 Å². The monoisotopic (exact) mass is 640 g/mol. The van der Waals surface area contributed by atoms with Crippen LogP contribution in [0.2, 0.25) is 5.02 Å². The van der Waals surface area contributed by atoms with Crippen LogP contribution in [-0.4, -0.2) is 53.0 Å². The van der Waals surface area contributed by atoms with E-state index in [1.807, 2.05) is 31.6 Å². The Labute approximate surface area is 262 Å². The fraction of sp³-hybridized carbons (Fsp3) is 0.387. The SMILES string of the molecule is CC(C)(C)C[C@]1(c2ccc(-c3cnn(C4CC4)c3)cc2F)N=C(N)N([C@H](CO)c2ccc(Cl)c(-n3ncnc3C(F)F)c2)C1=O. The van der Waals surface area contributed by atoms with Crippen molar-refractivity contribution in [1.82, 2.24) is 29.4 Å². The van der Waals surface area contributed by atoms with Crippen molar-refractivity contribution in [1.29, 1.82) is 0 Å². The summed E-state index contributed by atoms with van der Waals surface area (Å²) >= 11 is 6.35. The molecule has 3 N–H and O–H groups in total. The maximum absolute atomic E-state index is 16.1. The minimum atomic E-state index is -2.93. The number of halogens is 4. The summed E-state index contributed by atoms with van der Waals surface area (Å²) in [6.45, 7) is 5.11. The number of amides is 1. The molecular formula is C31H32ClF3N8O2. The molecular weight excluding hydrogens is 609 g/mol. The van der Waals surface area contributed by atoms with E-state index in [1.165, 1.54) is 24.3 Å². The van der Waals surface area contributed by atoms with Gasteiger partial charge >= 0.3 is 0 Å². The van der Waals surface area contributed by atoms with Gasteiger partial charge in [-0.3, -0.25) is 14.4 Å². The van der Waals surface area contributed by atoms with Gasteiger partial charge in [-0.2, -0.15) is 10.2 Å². The zero-order valence-electron chi connectivity index (χ0n) is 24.8. The fourth-order valence-electron chi connectivity index (χ4n) is 5.93. The second-order valence-electron chi connectivity index (χ2n) is 12.6. The normalized spacial score (nSPS) is 19.4. The third-order valence-electron chi connectivity index (χ3n) is 8.02. The number of nitrogens with zero attached hydrogens (tertiary/aromatic N) is 7. The molecule has 2 aromatic carbocycles. The van der Waals surface area contributed by atoms with Crippen LogP contribution >= 0.6 is 11.6 Å². The highest BCUT2D eigenvalue weighted by Crippen LogP contribution is 2.46. The number of aliphatic hydroxyl groups excluding tert-OH is 1. The van der Waals surface area contributed by atoms with E-state index in [2.05, 4.69) is 20.2 Å². The lowest BCUT2D eigenvalue weighted by Crippen LogP contribution is -2.47. The molecule has 1 amide bonds. The summed E-state index contributed by atoms with van der Waals surface area (Å²) in [5.41, 5.74) is 5.94. The summed E-state index contributed by atoms with van der Waals surface area (Å²) in [5, 5.41) is 18.9. The number of carbonyl (C=O) groups excluding carboxylic acids is 1. The number of aromatic nitrogens is 5. The predicted octanol–water partition coefficient (Wildman–Crippen LogP) is 5.72. The lowest BCUT2D eigenvalue weighted by molar-refractivity contribution is -0.135. The molecule has 1 saturated carbocycles. The second kappa shape index (κ2) is 11.3. The summed E-state index contributed by atoms with van der Waals surface area (Å²) in [6, 6.07) is 8.30. The van der Waals surface area contributed by atoms with Gasteiger partial charge in [0, 0.05) is 17.3 Å². The van der Waals surface area contributed by atoms with E-state index in [-0.39, 0.29) is 28.7 Å². The standard InChI is InChI=1S/C31H32ClF3N8O2/c1-30(2,3)15-31(21-8-4-17(10-23(21)33)19-12-38-41(13-19)20-6-7-20)28(45)42(29(36)40-31)25(14-44)18-5-9-22(32)24(11-18)43-27(26(34)35)37-16-39-43/h4-5,8-13,16,20,25-26,44H,6-7,14-15H2,1-3H3,(H2,36,40)/t25-,31-/m1/s1. The number of aliphatic hydroxyl groups is 1. The first-order valence-corrected chi connectivity index (χ1v) is 14.8. The minimum absolute atomic E-state index is 0.0453. The molecule has 10 nitrogen and oxygen atoms in total. The van der Waals surface area contributed by atoms with Gasteiger partial charge in [-0.1, -0.05) is 50.6 Å². The number of guanidine groups is 1. The summed E-state index contributed by atoms with van der Waals surface area (Å²) in [7, 11) is 0. The third-order valence-corrected chi connectivity index (χ3v) is 8.34. The largest absolute Gasteiger partial charge is 0.394 e. The molecule has 1 aliphatic carbocycles. The van der Waals surface area contributed by atoms with Crippen molar-refractivity contribution in [2.75, 3.05) is 6.61 Å². The Hall–Kier alpha value is -4.23. The van der Waals surface area contributed by atoms with Gasteiger partial charge in [0.05, 0.1) is 35.6 Å². The van der Waals surface area contributed by atoms with Gasteiger partial charge in [0.2, 0.25) is 0 Å². The van der Waals surface area contributed by atoms with Gasteiger partial charge in [0.25, 0.3) is 12.3 Å². The Morgan fingerprint density at radius 1 is 1.13 bits per heavy atom. The van der Waals surface area contributed by atoms with Crippen molar-refractivity contribution < 1.29 is 23.1 Å². The molecule has 1 fully saturated rings. The van der Waals surface area contributed by atoms with Crippen LogP contribution in [0.25, 0.3) is 16.8 Å². The van der Waals surface area contributed by atoms with E-state index < -0.39 is 47.6 Å². The molecule has 2 aliphatic rings. The van der Waals surface area contributed by atoms with E-state index in [0.29, 0.717) is 17.2 Å². The van der Waals surface area contributed by atoms with Crippen molar-refractivity contribution in [2.45, 2.75) is 64.1 Å². The van der Waals surface area contributed by atoms with Crippen LogP contribution in [0.15, 0.2) is 60.1 Å². The molecule has 236 valence electrons. The Morgan fingerprint density at radius 2 is 1.89 bits per heavy atom. The summed E-state index contributed by atoms with van der Waals surface area (Å²) in [4.78, 5) is 23.8. The summed E-state index contributed by atoms with van der Waals surface area (Å²) in [5.74, 6) is -2.12. The van der Waals surface area contributed by atoms with E-state index in [9.17, 15) is 18.7 Å². The average molecular weight is 641 g/mol. The Bertz CT molecular complexity index is 1800. The molecule has 14 heteroatoms. The maximum atomic E-state index is 16.1. The van der Waals surface area contributed by atoms with Crippen LogP contribution in [0.5, 0.6) is 0 Å². The van der Waals surface area contributed by atoms with Gasteiger partial charge in [-0.05, 0) is 54.0 Å². The number of nitrogens with two attached hydrogens (primary N) is 1. The quantitative estimate of drug-likeness (QED) is 0.241. The van der Waals surface area contributed by atoms with Crippen LogP contribution in [0.4, 0.5) is 13.2 Å². The number of carbonyl (C=O) groups is 1. The van der Waals surface area contributed by atoms with E-state index in [1.54, 1.807) is 18.3 Å². The third kappa shape index (κ3) is 5.59. The van der Waals surface area contributed by atoms with E-state index >= 15 is 4.39 Å².